The predicted molar refractivity (Wildman–Crippen MR) is 62.8 cm³/mol. The molecule has 2 N–H and O–H groups in total. The van der Waals surface area contributed by atoms with Gasteiger partial charge in [0.2, 0.25) is 5.91 Å². The Balaban J connectivity index is 2.77. The Kier molecular flexibility index (Phi) is 5.17. The number of hydrogen-bond donors (Lipinski definition) is 2. The highest BCUT2D eigenvalue weighted by molar-refractivity contribution is 5.91. The van der Waals surface area contributed by atoms with E-state index in [-0.39, 0.29) is 12.3 Å². The van der Waals surface area contributed by atoms with E-state index >= 15 is 0 Å². The van der Waals surface area contributed by atoms with Crippen LogP contribution in [0.2, 0.25) is 0 Å². The maximum Gasteiger partial charge on any atom is 0.397 e. The maximum atomic E-state index is 12.0. The zero-order valence-corrected chi connectivity index (χ0v) is 10.3. The van der Waals surface area contributed by atoms with Gasteiger partial charge in [0.25, 0.3) is 0 Å². The average molecular weight is 277 g/mol. The molecule has 0 radical (unpaired) electrons. The molecule has 0 saturated carbocycles. The first-order chi connectivity index (χ1) is 8.85. The minimum Gasteiger partial charge on any atom is -0.494 e. The standard InChI is InChI=1S/C12H14F3NO3/c1-2-19-10-4-3-9(5-8(10)7-17)16-11(18)6-12(13,14)15/h3-5,17H,2,6-7H2,1H3,(H,16,18). The lowest BCUT2D eigenvalue weighted by atomic mass is 10.2. The number of halogens is 3. The van der Waals surface area contributed by atoms with Crippen molar-refractivity contribution >= 4 is 11.6 Å². The molecule has 0 aliphatic rings. The van der Waals surface area contributed by atoms with Crippen molar-refractivity contribution in [2.75, 3.05) is 11.9 Å². The van der Waals surface area contributed by atoms with Gasteiger partial charge in [-0.05, 0) is 25.1 Å². The van der Waals surface area contributed by atoms with Gasteiger partial charge in [-0.15, -0.1) is 0 Å². The van der Waals surface area contributed by atoms with Gasteiger partial charge in [0.15, 0.2) is 0 Å². The fourth-order valence-electron chi connectivity index (χ4n) is 1.46. The molecule has 0 aliphatic carbocycles. The van der Waals surface area contributed by atoms with E-state index < -0.39 is 18.5 Å². The first kappa shape index (κ1) is 15.3. The van der Waals surface area contributed by atoms with Crippen LogP contribution in [0.5, 0.6) is 5.75 Å². The lowest BCUT2D eigenvalue weighted by Crippen LogP contribution is -2.21. The minimum absolute atomic E-state index is 0.182. The molecule has 1 amide bonds. The molecule has 1 aromatic carbocycles. The van der Waals surface area contributed by atoms with Crippen molar-refractivity contribution in [2.45, 2.75) is 26.1 Å². The Labute approximate surface area is 108 Å². The number of benzene rings is 1. The van der Waals surface area contributed by atoms with Crippen LogP contribution in [0.3, 0.4) is 0 Å². The van der Waals surface area contributed by atoms with E-state index in [0.717, 1.165) is 0 Å². The third-order valence-electron chi connectivity index (χ3n) is 2.18. The Bertz CT molecular complexity index is 446. The van der Waals surface area contributed by atoms with Crippen LogP contribution in [0, 0.1) is 0 Å². The van der Waals surface area contributed by atoms with Crippen molar-refractivity contribution < 1.29 is 27.8 Å². The molecule has 1 aromatic rings. The van der Waals surface area contributed by atoms with Crippen LogP contribution in [0.4, 0.5) is 18.9 Å². The smallest absolute Gasteiger partial charge is 0.397 e. The number of nitrogens with one attached hydrogen (secondary N) is 1. The van der Waals surface area contributed by atoms with E-state index in [4.69, 9.17) is 9.84 Å². The maximum absolute atomic E-state index is 12.0. The number of carbonyl (C=O) groups is 1. The van der Waals surface area contributed by atoms with Crippen LogP contribution in [0.25, 0.3) is 0 Å². The summed E-state index contributed by atoms with van der Waals surface area (Å²) in [6.45, 7) is 1.82. The Morgan fingerprint density at radius 3 is 2.63 bits per heavy atom. The highest BCUT2D eigenvalue weighted by Gasteiger charge is 2.31. The van der Waals surface area contributed by atoms with Gasteiger partial charge in [-0.2, -0.15) is 13.2 Å². The van der Waals surface area contributed by atoms with Gasteiger partial charge in [-0.1, -0.05) is 0 Å². The third-order valence-corrected chi connectivity index (χ3v) is 2.18. The molecule has 0 bridgehead atoms. The van der Waals surface area contributed by atoms with Crippen molar-refractivity contribution in [2.24, 2.45) is 0 Å². The quantitative estimate of drug-likeness (QED) is 0.869. The van der Waals surface area contributed by atoms with E-state index in [0.29, 0.717) is 17.9 Å². The second kappa shape index (κ2) is 6.42. The second-order valence-corrected chi connectivity index (χ2v) is 3.75. The van der Waals surface area contributed by atoms with Gasteiger partial charge in [0, 0.05) is 11.3 Å². The van der Waals surface area contributed by atoms with Crippen molar-refractivity contribution in [3.63, 3.8) is 0 Å². The fraction of sp³-hybridized carbons (Fsp3) is 0.417. The molecule has 4 nitrogen and oxygen atoms in total. The van der Waals surface area contributed by atoms with E-state index in [1.807, 2.05) is 0 Å². The molecule has 106 valence electrons. The van der Waals surface area contributed by atoms with Gasteiger partial charge in [0.1, 0.15) is 12.2 Å². The highest BCUT2D eigenvalue weighted by Crippen LogP contribution is 2.24. The summed E-state index contributed by atoms with van der Waals surface area (Å²) in [5.41, 5.74) is 0.577. The van der Waals surface area contributed by atoms with Gasteiger partial charge >= 0.3 is 6.18 Å². The largest absolute Gasteiger partial charge is 0.494 e. The first-order valence-electron chi connectivity index (χ1n) is 5.59. The van der Waals surface area contributed by atoms with Crippen molar-refractivity contribution in [1.82, 2.24) is 0 Å². The summed E-state index contributed by atoms with van der Waals surface area (Å²) in [6, 6.07) is 4.27. The molecule has 0 unspecified atom stereocenters. The van der Waals surface area contributed by atoms with Gasteiger partial charge in [-0.3, -0.25) is 4.79 Å². The summed E-state index contributed by atoms with van der Waals surface area (Å²) in [4.78, 5) is 11.1. The molecule has 0 spiro atoms. The molecule has 0 aliphatic heterocycles. The van der Waals surface area contributed by atoms with Crippen LogP contribution in [0.1, 0.15) is 18.9 Å². The molecule has 0 atom stereocenters. The second-order valence-electron chi connectivity index (χ2n) is 3.75. The van der Waals surface area contributed by atoms with E-state index in [9.17, 15) is 18.0 Å². The molecular weight excluding hydrogens is 263 g/mol. The number of aliphatic hydroxyl groups excluding tert-OH is 1. The summed E-state index contributed by atoms with van der Waals surface area (Å²) in [5.74, 6) is -0.723. The van der Waals surface area contributed by atoms with Gasteiger partial charge in [-0.25, -0.2) is 0 Å². The normalized spacial score (nSPS) is 11.2. The fourth-order valence-corrected chi connectivity index (χ4v) is 1.46. The minimum atomic E-state index is -4.55. The number of rotatable bonds is 5. The number of hydrogen-bond acceptors (Lipinski definition) is 3. The SMILES string of the molecule is CCOc1ccc(NC(=O)CC(F)(F)F)cc1CO. The van der Waals surface area contributed by atoms with Crippen LogP contribution < -0.4 is 10.1 Å². The Hall–Kier alpha value is -1.76. The first-order valence-corrected chi connectivity index (χ1v) is 5.59. The topological polar surface area (TPSA) is 58.6 Å². The summed E-state index contributed by atoms with van der Waals surface area (Å²) < 4.78 is 41.2. The van der Waals surface area contributed by atoms with Crippen molar-refractivity contribution in [3.8, 4) is 5.75 Å². The molecule has 0 saturated heterocycles. The summed E-state index contributed by atoms with van der Waals surface area (Å²) in [6.07, 6.45) is -6.09. The number of aliphatic hydroxyl groups is 1. The molecule has 19 heavy (non-hydrogen) atoms. The van der Waals surface area contributed by atoms with Gasteiger partial charge in [0.05, 0.1) is 13.2 Å². The summed E-state index contributed by atoms with van der Waals surface area (Å²) >= 11 is 0. The van der Waals surface area contributed by atoms with Crippen molar-refractivity contribution in [1.29, 1.82) is 0 Å². The van der Waals surface area contributed by atoms with E-state index in [1.165, 1.54) is 18.2 Å². The molecule has 1 rings (SSSR count). The Morgan fingerprint density at radius 2 is 2.11 bits per heavy atom. The van der Waals surface area contributed by atoms with Crippen LogP contribution in [-0.4, -0.2) is 23.8 Å². The van der Waals surface area contributed by atoms with Crippen LogP contribution in [-0.2, 0) is 11.4 Å². The number of ether oxygens (including phenoxy) is 1. The zero-order valence-electron chi connectivity index (χ0n) is 10.3. The van der Waals surface area contributed by atoms with Crippen LogP contribution in [0.15, 0.2) is 18.2 Å². The number of anilines is 1. The molecular formula is C12H14F3NO3. The number of carbonyl (C=O) groups excluding carboxylic acids is 1. The lowest BCUT2D eigenvalue weighted by Gasteiger charge is -2.12. The third kappa shape index (κ3) is 5.17. The van der Waals surface area contributed by atoms with Crippen LogP contribution >= 0.6 is 0 Å². The Morgan fingerprint density at radius 1 is 1.42 bits per heavy atom. The van der Waals surface area contributed by atoms with Crippen molar-refractivity contribution in [3.05, 3.63) is 23.8 Å². The molecule has 0 heterocycles. The molecule has 0 aromatic heterocycles. The molecule has 0 fully saturated rings. The predicted octanol–water partition coefficient (Wildman–Crippen LogP) is 2.47. The lowest BCUT2D eigenvalue weighted by molar-refractivity contribution is -0.150. The number of amides is 1. The summed E-state index contributed by atoms with van der Waals surface area (Å²) in [7, 11) is 0. The zero-order chi connectivity index (χ0) is 14.5. The van der Waals surface area contributed by atoms with E-state index in [1.54, 1.807) is 6.92 Å². The number of alkyl halides is 3. The monoisotopic (exact) mass is 277 g/mol. The average Bonchev–Trinajstić information content (AvgIpc) is 2.28. The molecule has 7 heteroatoms. The van der Waals surface area contributed by atoms with E-state index in [2.05, 4.69) is 5.32 Å². The summed E-state index contributed by atoms with van der Waals surface area (Å²) in [5, 5.41) is 11.2. The highest BCUT2D eigenvalue weighted by atomic mass is 19.4. The van der Waals surface area contributed by atoms with Gasteiger partial charge < -0.3 is 15.2 Å².